The summed E-state index contributed by atoms with van der Waals surface area (Å²) < 4.78 is 16.7. The summed E-state index contributed by atoms with van der Waals surface area (Å²) in [5.74, 6) is 0.743. The van der Waals surface area contributed by atoms with E-state index >= 15 is 0 Å². The molecule has 6 nitrogen and oxygen atoms in total. The Morgan fingerprint density at radius 3 is 1.10 bits per heavy atom. The van der Waals surface area contributed by atoms with Crippen LogP contribution in [-0.4, -0.2) is 37.2 Å². The molecule has 0 spiro atoms. The third kappa shape index (κ3) is 38.1. The monoisotopic (exact) mass is 737 g/mol. The molecule has 308 valence electrons. The molecule has 0 fully saturated rings. The maximum Gasteiger partial charge on any atom is 0.306 e. The predicted octanol–water partition coefficient (Wildman–Crippen LogP) is 14.2. The van der Waals surface area contributed by atoms with Gasteiger partial charge in [0.2, 0.25) is 0 Å². The Morgan fingerprint density at radius 1 is 0.404 bits per heavy atom. The summed E-state index contributed by atoms with van der Waals surface area (Å²) in [7, 11) is 0. The molecule has 0 saturated carbocycles. The van der Waals surface area contributed by atoms with Crippen LogP contribution in [0.1, 0.15) is 247 Å². The van der Waals surface area contributed by atoms with Crippen molar-refractivity contribution in [1.82, 2.24) is 0 Å². The Morgan fingerprint density at radius 2 is 0.731 bits per heavy atom. The highest BCUT2D eigenvalue weighted by atomic mass is 16.6. The number of esters is 3. The molecule has 1 unspecified atom stereocenters. The fraction of sp³-hybridized carbons (Fsp3) is 0.935. The van der Waals surface area contributed by atoms with E-state index in [0.717, 1.165) is 69.6 Å². The van der Waals surface area contributed by atoms with E-state index in [0.29, 0.717) is 19.3 Å². The van der Waals surface area contributed by atoms with Crippen molar-refractivity contribution >= 4 is 17.9 Å². The first-order valence-corrected chi connectivity index (χ1v) is 22.8. The minimum absolute atomic E-state index is 0.0660. The first-order valence-electron chi connectivity index (χ1n) is 22.8. The maximum absolute atomic E-state index is 12.7. The molecule has 0 aromatic rings. The molecule has 0 aliphatic carbocycles. The van der Waals surface area contributed by atoms with Gasteiger partial charge in [0.15, 0.2) is 6.10 Å². The van der Waals surface area contributed by atoms with E-state index in [9.17, 15) is 14.4 Å². The van der Waals surface area contributed by atoms with Crippen LogP contribution in [0, 0.1) is 11.8 Å². The van der Waals surface area contributed by atoms with Crippen molar-refractivity contribution in [3.05, 3.63) is 0 Å². The Labute approximate surface area is 323 Å². The highest BCUT2D eigenvalue weighted by Crippen LogP contribution is 2.17. The normalized spacial score (nSPS) is 12.6. The van der Waals surface area contributed by atoms with E-state index in [-0.39, 0.29) is 31.1 Å². The summed E-state index contributed by atoms with van der Waals surface area (Å²) in [5.41, 5.74) is 0. The third-order valence-corrected chi connectivity index (χ3v) is 10.6. The van der Waals surface area contributed by atoms with Gasteiger partial charge in [0, 0.05) is 19.3 Å². The van der Waals surface area contributed by atoms with Crippen LogP contribution < -0.4 is 0 Å². The summed E-state index contributed by atoms with van der Waals surface area (Å²) in [6.07, 6.45) is 36.6. The summed E-state index contributed by atoms with van der Waals surface area (Å²) in [6, 6.07) is 0. The Kier molecular flexibility index (Phi) is 37.9. The lowest BCUT2D eigenvalue weighted by Crippen LogP contribution is -2.30. The second-order valence-corrected chi connectivity index (χ2v) is 16.4. The lowest BCUT2D eigenvalue weighted by Gasteiger charge is -2.18. The Balaban J connectivity index is 4.32. The molecule has 52 heavy (non-hydrogen) atoms. The topological polar surface area (TPSA) is 78.9 Å². The van der Waals surface area contributed by atoms with Gasteiger partial charge in [0.05, 0.1) is 0 Å². The van der Waals surface area contributed by atoms with Gasteiger partial charge >= 0.3 is 17.9 Å². The molecule has 0 rings (SSSR count). The zero-order chi connectivity index (χ0) is 38.3. The average Bonchev–Trinajstić information content (AvgIpc) is 3.12. The average molecular weight is 737 g/mol. The number of ether oxygens (including phenoxy) is 3. The molecule has 0 aromatic carbocycles. The summed E-state index contributed by atoms with van der Waals surface area (Å²) in [4.78, 5) is 37.7. The number of carbonyl (C=O) groups is 3. The first kappa shape index (κ1) is 50.4. The van der Waals surface area contributed by atoms with Crippen molar-refractivity contribution in [2.24, 2.45) is 11.8 Å². The smallest absolute Gasteiger partial charge is 0.306 e. The van der Waals surface area contributed by atoms with Crippen molar-refractivity contribution < 1.29 is 28.6 Å². The van der Waals surface area contributed by atoms with E-state index in [1.807, 2.05) is 0 Å². The highest BCUT2D eigenvalue weighted by Gasteiger charge is 2.19. The van der Waals surface area contributed by atoms with Gasteiger partial charge < -0.3 is 14.2 Å². The van der Waals surface area contributed by atoms with Gasteiger partial charge in [0.25, 0.3) is 0 Å². The highest BCUT2D eigenvalue weighted by molar-refractivity contribution is 5.71. The van der Waals surface area contributed by atoms with E-state index in [1.54, 1.807) is 0 Å². The minimum atomic E-state index is -0.761. The quantitative estimate of drug-likeness (QED) is 0.0354. The molecule has 0 aliphatic rings. The zero-order valence-corrected chi connectivity index (χ0v) is 35.4. The molecular weight excluding hydrogens is 648 g/mol. The van der Waals surface area contributed by atoms with Crippen molar-refractivity contribution in [1.29, 1.82) is 0 Å². The van der Waals surface area contributed by atoms with E-state index < -0.39 is 6.10 Å². The van der Waals surface area contributed by atoms with Gasteiger partial charge in [-0.05, 0) is 31.1 Å². The standard InChI is InChI=1S/C46H88O6/c1-6-8-9-10-11-12-13-14-15-16-20-26-31-36-44(47)50-39-43(52-46(49)38-33-28-23-22-24-29-34-41(3)4)40-51-45(48)37-32-27-21-18-17-19-25-30-35-42(5)7-2/h41-43H,6-40H2,1-5H3/t42?,43-/m0/s1. The molecule has 0 heterocycles. The van der Waals surface area contributed by atoms with Crippen LogP contribution in [0.25, 0.3) is 0 Å². The number of hydrogen-bond acceptors (Lipinski definition) is 6. The van der Waals surface area contributed by atoms with Crippen LogP contribution in [-0.2, 0) is 28.6 Å². The van der Waals surface area contributed by atoms with Crippen molar-refractivity contribution in [3.63, 3.8) is 0 Å². The molecule has 2 atom stereocenters. The molecule has 0 aliphatic heterocycles. The van der Waals surface area contributed by atoms with Crippen molar-refractivity contribution in [2.45, 2.75) is 253 Å². The number of hydrogen-bond donors (Lipinski definition) is 0. The second-order valence-electron chi connectivity index (χ2n) is 16.4. The van der Waals surface area contributed by atoms with Gasteiger partial charge in [0.1, 0.15) is 13.2 Å². The molecule has 6 heteroatoms. The van der Waals surface area contributed by atoms with E-state index in [2.05, 4.69) is 34.6 Å². The molecule has 0 radical (unpaired) electrons. The molecule has 0 aromatic heterocycles. The van der Waals surface area contributed by atoms with Gasteiger partial charge in [-0.2, -0.15) is 0 Å². The predicted molar refractivity (Wildman–Crippen MR) is 220 cm³/mol. The number of unbranched alkanes of at least 4 members (excludes halogenated alkanes) is 24. The van der Waals surface area contributed by atoms with Crippen molar-refractivity contribution in [2.75, 3.05) is 13.2 Å². The zero-order valence-electron chi connectivity index (χ0n) is 35.4. The summed E-state index contributed by atoms with van der Waals surface area (Å²) in [6.45, 7) is 11.3. The van der Waals surface area contributed by atoms with Crippen LogP contribution in [0.5, 0.6) is 0 Å². The van der Waals surface area contributed by atoms with Crippen LogP contribution in [0.2, 0.25) is 0 Å². The molecule has 0 saturated heterocycles. The largest absolute Gasteiger partial charge is 0.462 e. The van der Waals surface area contributed by atoms with Crippen LogP contribution in [0.4, 0.5) is 0 Å². The van der Waals surface area contributed by atoms with Gasteiger partial charge in [-0.25, -0.2) is 0 Å². The fourth-order valence-corrected chi connectivity index (χ4v) is 6.72. The Hall–Kier alpha value is -1.59. The SMILES string of the molecule is CCCCCCCCCCCCCCCC(=O)OC[C@@H](COC(=O)CCCCCCCCCCC(C)CC)OC(=O)CCCCCCCCC(C)C. The first-order chi connectivity index (χ1) is 25.3. The van der Waals surface area contributed by atoms with Crippen LogP contribution in [0.15, 0.2) is 0 Å². The molecule has 0 bridgehead atoms. The molecule has 0 amide bonds. The summed E-state index contributed by atoms with van der Waals surface area (Å²) >= 11 is 0. The van der Waals surface area contributed by atoms with E-state index in [4.69, 9.17) is 14.2 Å². The lowest BCUT2D eigenvalue weighted by atomic mass is 9.99. The fourth-order valence-electron chi connectivity index (χ4n) is 6.72. The Bertz CT molecular complexity index is 796. The van der Waals surface area contributed by atoms with Gasteiger partial charge in [-0.15, -0.1) is 0 Å². The number of carbonyl (C=O) groups excluding carboxylic acids is 3. The second kappa shape index (κ2) is 39.1. The lowest BCUT2D eigenvalue weighted by molar-refractivity contribution is -0.167. The molecular formula is C46H88O6. The van der Waals surface area contributed by atoms with Crippen molar-refractivity contribution in [3.8, 4) is 0 Å². The van der Waals surface area contributed by atoms with Crippen LogP contribution >= 0.6 is 0 Å². The summed E-state index contributed by atoms with van der Waals surface area (Å²) in [5, 5.41) is 0. The van der Waals surface area contributed by atoms with Gasteiger partial charge in [-0.1, -0.05) is 208 Å². The number of rotatable bonds is 40. The maximum atomic E-state index is 12.7. The van der Waals surface area contributed by atoms with Crippen LogP contribution in [0.3, 0.4) is 0 Å². The van der Waals surface area contributed by atoms with Gasteiger partial charge in [-0.3, -0.25) is 14.4 Å². The third-order valence-electron chi connectivity index (χ3n) is 10.6. The molecule has 0 N–H and O–H groups in total. The van der Waals surface area contributed by atoms with E-state index in [1.165, 1.54) is 135 Å². The minimum Gasteiger partial charge on any atom is -0.462 e.